The molecule has 0 aliphatic carbocycles. The lowest BCUT2D eigenvalue weighted by Gasteiger charge is -2.19. The second-order valence-electron chi connectivity index (χ2n) is 4.72. The van der Waals surface area contributed by atoms with Crippen molar-refractivity contribution in [3.63, 3.8) is 0 Å². The van der Waals surface area contributed by atoms with Gasteiger partial charge in [0.1, 0.15) is 5.76 Å². The van der Waals surface area contributed by atoms with Crippen molar-refractivity contribution in [2.24, 2.45) is 0 Å². The number of aryl methyl sites for hydroxylation is 1. The predicted molar refractivity (Wildman–Crippen MR) is 74.5 cm³/mol. The van der Waals surface area contributed by atoms with Crippen molar-refractivity contribution in [1.29, 1.82) is 0 Å². The Hall–Kier alpha value is -1.54. The molecule has 0 aliphatic heterocycles. The van der Waals surface area contributed by atoms with E-state index in [9.17, 15) is 0 Å². The third-order valence-electron chi connectivity index (χ3n) is 3.36. The van der Waals surface area contributed by atoms with E-state index < -0.39 is 0 Å². The molecule has 2 heteroatoms. The van der Waals surface area contributed by atoms with Gasteiger partial charge in [-0.05, 0) is 43.5 Å². The lowest BCUT2D eigenvalue weighted by molar-refractivity contribution is 0.403. The molecule has 1 aromatic carbocycles. The van der Waals surface area contributed by atoms with Gasteiger partial charge in [0.2, 0.25) is 0 Å². The van der Waals surface area contributed by atoms with Gasteiger partial charge >= 0.3 is 0 Å². The fraction of sp³-hybridized carbons (Fsp3) is 0.375. The molecule has 96 valence electrons. The third-order valence-corrected chi connectivity index (χ3v) is 3.36. The van der Waals surface area contributed by atoms with Crippen LogP contribution in [0.1, 0.15) is 49.7 Å². The largest absolute Gasteiger partial charge is 0.468 e. The second-order valence-corrected chi connectivity index (χ2v) is 4.72. The lowest BCUT2D eigenvalue weighted by Crippen LogP contribution is -2.22. The van der Waals surface area contributed by atoms with Gasteiger partial charge in [-0.3, -0.25) is 0 Å². The van der Waals surface area contributed by atoms with Gasteiger partial charge in [-0.15, -0.1) is 0 Å². The monoisotopic (exact) mass is 243 g/mol. The Morgan fingerprint density at radius 3 is 2.33 bits per heavy atom. The number of furan rings is 1. The van der Waals surface area contributed by atoms with E-state index in [-0.39, 0.29) is 6.04 Å². The minimum atomic E-state index is 0.223. The van der Waals surface area contributed by atoms with Crippen LogP contribution in [0.25, 0.3) is 0 Å². The van der Waals surface area contributed by atoms with Crippen LogP contribution in [-0.4, -0.2) is 0 Å². The van der Waals surface area contributed by atoms with Crippen molar-refractivity contribution >= 4 is 0 Å². The lowest BCUT2D eigenvalue weighted by atomic mass is 10.0. The highest BCUT2D eigenvalue weighted by Gasteiger charge is 2.12. The first-order valence-electron chi connectivity index (χ1n) is 6.59. The molecule has 0 amide bonds. The summed E-state index contributed by atoms with van der Waals surface area (Å²) in [5.74, 6) is 0.979. The molecular weight excluding hydrogens is 222 g/mol. The first-order valence-corrected chi connectivity index (χ1v) is 6.59. The first-order chi connectivity index (χ1) is 8.70. The van der Waals surface area contributed by atoms with Crippen LogP contribution >= 0.6 is 0 Å². The summed E-state index contributed by atoms with van der Waals surface area (Å²) in [6.07, 6.45) is 2.80. The standard InChI is InChI=1S/C16H21NO/c1-4-14-7-9-15(10-8-14)12(2)17-13(3)16-6-5-11-18-16/h5-13,17H,4H2,1-3H3/t12?,13-/m0/s1. The molecule has 0 fully saturated rings. The number of nitrogens with one attached hydrogen (secondary N) is 1. The van der Waals surface area contributed by atoms with Gasteiger partial charge in [-0.1, -0.05) is 31.2 Å². The SMILES string of the molecule is CCc1ccc(C(C)N[C@@H](C)c2ccco2)cc1. The van der Waals surface area contributed by atoms with Crippen molar-refractivity contribution < 1.29 is 4.42 Å². The summed E-state index contributed by atoms with van der Waals surface area (Å²) < 4.78 is 5.41. The second kappa shape index (κ2) is 5.87. The van der Waals surface area contributed by atoms with Gasteiger partial charge in [0, 0.05) is 6.04 Å². The minimum absolute atomic E-state index is 0.223. The maximum absolute atomic E-state index is 5.41. The Labute approximate surface area is 109 Å². The molecular formula is C16H21NO. The van der Waals surface area contributed by atoms with Crippen molar-refractivity contribution in [2.45, 2.75) is 39.3 Å². The molecule has 1 heterocycles. The van der Waals surface area contributed by atoms with E-state index in [4.69, 9.17) is 4.42 Å². The molecule has 2 rings (SSSR count). The van der Waals surface area contributed by atoms with Crippen molar-refractivity contribution in [2.75, 3.05) is 0 Å². The highest BCUT2D eigenvalue weighted by atomic mass is 16.3. The fourth-order valence-electron chi connectivity index (χ4n) is 2.13. The van der Waals surface area contributed by atoms with Crippen molar-refractivity contribution in [3.05, 3.63) is 59.5 Å². The van der Waals surface area contributed by atoms with E-state index in [1.54, 1.807) is 6.26 Å². The van der Waals surface area contributed by atoms with Crippen molar-refractivity contribution in [3.8, 4) is 0 Å². The quantitative estimate of drug-likeness (QED) is 0.849. The van der Waals surface area contributed by atoms with Crippen LogP contribution in [0.15, 0.2) is 47.1 Å². The van der Waals surface area contributed by atoms with Gasteiger partial charge < -0.3 is 9.73 Å². The predicted octanol–water partition coefficient (Wildman–Crippen LogP) is 4.25. The molecule has 18 heavy (non-hydrogen) atoms. The van der Waals surface area contributed by atoms with Gasteiger partial charge in [0.05, 0.1) is 12.3 Å². The Morgan fingerprint density at radius 1 is 1.06 bits per heavy atom. The molecule has 1 aromatic heterocycles. The fourth-order valence-corrected chi connectivity index (χ4v) is 2.13. The zero-order valence-electron chi connectivity index (χ0n) is 11.3. The van der Waals surface area contributed by atoms with Gasteiger partial charge in [-0.25, -0.2) is 0 Å². The zero-order chi connectivity index (χ0) is 13.0. The number of benzene rings is 1. The van der Waals surface area contributed by atoms with Crippen molar-refractivity contribution in [1.82, 2.24) is 5.32 Å². The molecule has 1 N–H and O–H groups in total. The Morgan fingerprint density at radius 2 is 1.78 bits per heavy atom. The van der Waals surface area contributed by atoms with Gasteiger partial charge in [0.15, 0.2) is 0 Å². The molecule has 2 nitrogen and oxygen atoms in total. The summed E-state index contributed by atoms with van der Waals surface area (Å²) in [6.45, 7) is 6.48. The smallest absolute Gasteiger partial charge is 0.120 e. The minimum Gasteiger partial charge on any atom is -0.468 e. The van der Waals surface area contributed by atoms with E-state index in [1.807, 2.05) is 12.1 Å². The molecule has 2 atom stereocenters. The molecule has 0 aliphatic rings. The average Bonchev–Trinajstić information content (AvgIpc) is 2.92. The highest BCUT2D eigenvalue weighted by molar-refractivity contribution is 5.25. The average molecular weight is 243 g/mol. The first kappa shape index (κ1) is 12.9. The summed E-state index contributed by atoms with van der Waals surface area (Å²) in [6, 6.07) is 13.3. The molecule has 0 spiro atoms. The topological polar surface area (TPSA) is 25.2 Å². The van der Waals surface area contributed by atoms with Gasteiger partial charge in [0.25, 0.3) is 0 Å². The Balaban J connectivity index is 2.00. The summed E-state index contributed by atoms with van der Waals surface area (Å²) in [5, 5.41) is 3.54. The molecule has 0 saturated heterocycles. The van der Waals surface area contributed by atoms with E-state index >= 15 is 0 Å². The summed E-state index contributed by atoms with van der Waals surface area (Å²) >= 11 is 0. The summed E-state index contributed by atoms with van der Waals surface area (Å²) in [7, 11) is 0. The molecule has 2 aromatic rings. The summed E-state index contributed by atoms with van der Waals surface area (Å²) in [4.78, 5) is 0. The van der Waals surface area contributed by atoms with Crippen LogP contribution in [0.2, 0.25) is 0 Å². The van der Waals surface area contributed by atoms with Crippen LogP contribution in [0, 0.1) is 0 Å². The van der Waals surface area contributed by atoms with Crippen LogP contribution < -0.4 is 5.32 Å². The number of hydrogen-bond acceptors (Lipinski definition) is 2. The van der Waals surface area contributed by atoms with E-state index in [0.717, 1.165) is 12.2 Å². The van der Waals surface area contributed by atoms with Crippen LogP contribution in [0.4, 0.5) is 0 Å². The van der Waals surface area contributed by atoms with E-state index in [0.29, 0.717) is 6.04 Å². The van der Waals surface area contributed by atoms with E-state index in [1.165, 1.54) is 11.1 Å². The van der Waals surface area contributed by atoms with Crippen LogP contribution in [0.3, 0.4) is 0 Å². The Kier molecular flexibility index (Phi) is 4.21. The summed E-state index contributed by atoms with van der Waals surface area (Å²) in [5.41, 5.74) is 2.69. The van der Waals surface area contributed by atoms with Crippen LogP contribution in [0.5, 0.6) is 0 Å². The van der Waals surface area contributed by atoms with Crippen LogP contribution in [-0.2, 0) is 6.42 Å². The molecule has 0 saturated carbocycles. The third kappa shape index (κ3) is 3.02. The number of rotatable bonds is 5. The molecule has 0 bridgehead atoms. The van der Waals surface area contributed by atoms with E-state index in [2.05, 4.69) is 50.4 Å². The Bertz CT molecular complexity index is 458. The molecule has 1 unspecified atom stereocenters. The maximum Gasteiger partial charge on any atom is 0.120 e. The number of hydrogen-bond donors (Lipinski definition) is 1. The normalized spacial score (nSPS) is 14.4. The van der Waals surface area contributed by atoms with Gasteiger partial charge in [-0.2, -0.15) is 0 Å². The maximum atomic E-state index is 5.41. The zero-order valence-corrected chi connectivity index (χ0v) is 11.3. The molecule has 0 radical (unpaired) electrons. The highest BCUT2D eigenvalue weighted by Crippen LogP contribution is 2.20.